The highest BCUT2D eigenvalue weighted by molar-refractivity contribution is 5.76. The van der Waals surface area contributed by atoms with E-state index in [9.17, 15) is 9.59 Å². The average Bonchev–Trinajstić information content (AvgIpc) is 2.34. The molecule has 0 spiro atoms. The van der Waals surface area contributed by atoms with Crippen molar-refractivity contribution in [2.75, 3.05) is 27.2 Å². The smallest absolute Gasteiger partial charge is 0.306 e. The van der Waals surface area contributed by atoms with E-state index in [1.54, 1.807) is 0 Å². The summed E-state index contributed by atoms with van der Waals surface area (Å²) in [6.07, 6.45) is 3.83. The van der Waals surface area contributed by atoms with Crippen LogP contribution in [0.2, 0.25) is 0 Å². The van der Waals surface area contributed by atoms with Crippen molar-refractivity contribution in [2.24, 2.45) is 11.8 Å². The van der Waals surface area contributed by atoms with Crippen molar-refractivity contribution >= 4 is 11.9 Å². The van der Waals surface area contributed by atoms with Crippen LogP contribution in [0.3, 0.4) is 0 Å². The number of carboxylic acid groups (broad SMARTS) is 1. The number of amides is 1. The molecule has 0 aromatic carbocycles. The first-order valence-corrected chi connectivity index (χ1v) is 6.63. The van der Waals surface area contributed by atoms with Gasteiger partial charge in [-0.2, -0.15) is 0 Å². The van der Waals surface area contributed by atoms with Gasteiger partial charge in [0.15, 0.2) is 0 Å². The number of rotatable bonds is 6. The molecule has 1 fully saturated rings. The van der Waals surface area contributed by atoms with Crippen LogP contribution in [0.15, 0.2) is 0 Å². The summed E-state index contributed by atoms with van der Waals surface area (Å²) in [5.74, 6) is -0.317. The number of hydrogen-bond acceptors (Lipinski definition) is 3. The van der Waals surface area contributed by atoms with E-state index in [0.29, 0.717) is 18.9 Å². The minimum atomic E-state index is -0.677. The second-order valence-corrected chi connectivity index (χ2v) is 5.41. The van der Waals surface area contributed by atoms with Crippen molar-refractivity contribution in [3.05, 3.63) is 0 Å². The van der Waals surface area contributed by atoms with Gasteiger partial charge in [0.05, 0.1) is 5.92 Å². The summed E-state index contributed by atoms with van der Waals surface area (Å²) in [5.41, 5.74) is 0. The van der Waals surface area contributed by atoms with E-state index in [1.165, 1.54) is 0 Å². The summed E-state index contributed by atoms with van der Waals surface area (Å²) in [5, 5.41) is 11.8. The standard InChI is InChI=1S/C13H24N2O3/c1-15(2)8-7-12(16)14-9-10-3-5-11(6-4-10)13(17)18/h10-11H,3-9H2,1-2H3,(H,14,16)(H,17,18). The zero-order chi connectivity index (χ0) is 13.5. The number of carbonyl (C=O) groups is 2. The third-order valence-corrected chi connectivity index (χ3v) is 3.57. The van der Waals surface area contributed by atoms with Crippen LogP contribution in [0.4, 0.5) is 0 Å². The van der Waals surface area contributed by atoms with Crippen LogP contribution in [-0.4, -0.2) is 49.1 Å². The molecule has 0 aromatic heterocycles. The van der Waals surface area contributed by atoms with Crippen molar-refractivity contribution in [3.63, 3.8) is 0 Å². The predicted octanol–water partition coefficient (Wildman–Crippen LogP) is 0.945. The number of nitrogens with one attached hydrogen (secondary N) is 1. The molecule has 0 saturated heterocycles. The largest absolute Gasteiger partial charge is 0.481 e. The average molecular weight is 256 g/mol. The van der Waals surface area contributed by atoms with E-state index in [4.69, 9.17) is 5.11 Å². The molecule has 1 saturated carbocycles. The number of nitrogens with zero attached hydrogens (tertiary/aromatic N) is 1. The number of aliphatic carboxylic acids is 1. The Kier molecular flexibility index (Phi) is 6.12. The molecule has 1 amide bonds. The van der Waals surface area contributed by atoms with Gasteiger partial charge < -0.3 is 15.3 Å². The van der Waals surface area contributed by atoms with Crippen LogP contribution >= 0.6 is 0 Å². The van der Waals surface area contributed by atoms with Gasteiger partial charge in [-0.05, 0) is 45.7 Å². The SMILES string of the molecule is CN(C)CCC(=O)NCC1CCC(C(=O)O)CC1. The van der Waals surface area contributed by atoms with Crippen molar-refractivity contribution in [1.82, 2.24) is 10.2 Å². The van der Waals surface area contributed by atoms with Gasteiger partial charge in [0.2, 0.25) is 5.91 Å². The maximum absolute atomic E-state index is 11.5. The van der Waals surface area contributed by atoms with E-state index in [1.807, 2.05) is 19.0 Å². The highest BCUT2D eigenvalue weighted by atomic mass is 16.4. The zero-order valence-electron chi connectivity index (χ0n) is 11.3. The summed E-state index contributed by atoms with van der Waals surface area (Å²) in [6.45, 7) is 1.45. The normalized spacial score (nSPS) is 23.9. The summed E-state index contributed by atoms with van der Waals surface area (Å²) in [7, 11) is 3.89. The van der Waals surface area contributed by atoms with E-state index < -0.39 is 5.97 Å². The van der Waals surface area contributed by atoms with Crippen LogP contribution in [0.25, 0.3) is 0 Å². The number of carboxylic acids is 1. The molecule has 0 aliphatic heterocycles. The van der Waals surface area contributed by atoms with E-state index >= 15 is 0 Å². The minimum Gasteiger partial charge on any atom is -0.481 e. The van der Waals surface area contributed by atoms with Gasteiger partial charge in [0.1, 0.15) is 0 Å². The highest BCUT2D eigenvalue weighted by Crippen LogP contribution is 2.28. The number of hydrogen-bond donors (Lipinski definition) is 2. The second kappa shape index (κ2) is 7.36. The lowest BCUT2D eigenvalue weighted by Crippen LogP contribution is -2.33. The maximum atomic E-state index is 11.5. The minimum absolute atomic E-state index is 0.0871. The lowest BCUT2D eigenvalue weighted by atomic mass is 9.82. The number of carbonyl (C=O) groups excluding carboxylic acids is 1. The molecule has 0 heterocycles. The van der Waals surface area contributed by atoms with Crippen LogP contribution in [0.1, 0.15) is 32.1 Å². The highest BCUT2D eigenvalue weighted by Gasteiger charge is 2.25. The van der Waals surface area contributed by atoms with Crippen molar-refractivity contribution in [2.45, 2.75) is 32.1 Å². The zero-order valence-corrected chi connectivity index (χ0v) is 11.3. The molecule has 0 radical (unpaired) electrons. The summed E-state index contributed by atoms with van der Waals surface area (Å²) >= 11 is 0. The topological polar surface area (TPSA) is 69.6 Å². The molecule has 5 heteroatoms. The molecule has 1 aliphatic rings. The monoisotopic (exact) mass is 256 g/mol. The fourth-order valence-corrected chi connectivity index (χ4v) is 2.29. The van der Waals surface area contributed by atoms with Gasteiger partial charge in [-0.3, -0.25) is 9.59 Å². The fraction of sp³-hybridized carbons (Fsp3) is 0.846. The van der Waals surface area contributed by atoms with Crippen LogP contribution in [0, 0.1) is 11.8 Å². The van der Waals surface area contributed by atoms with E-state index in [0.717, 1.165) is 32.2 Å². The lowest BCUT2D eigenvalue weighted by molar-refractivity contribution is -0.143. The lowest BCUT2D eigenvalue weighted by Gasteiger charge is -2.26. The molecule has 0 atom stereocenters. The Morgan fingerprint density at radius 3 is 2.33 bits per heavy atom. The van der Waals surface area contributed by atoms with Gasteiger partial charge >= 0.3 is 5.97 Å². The Labute approximate surface area is 109 Å². The maximum Gasteiger partial charge on any atom is 0.306 e. The summed E-state index contributed by atoms with van der Waals surface area (Å²) in [4.78, 5) is 24.3. The molecule has 1 aliphatic carbocycles. The van der Waals surface area contributed by atoms with E-state index in [-0.39, 0.29) is 11.8 Å². The van der Waals surface area contributed by atoms with Gasteiger partial charge in [-0.1, -0.05) is 0 Å². The molecule has 2 N–H and O–H groups in total. The van der Waals surface area contributed by atoms with Crippen molar-refractivity contribution in [3.8, 4) is 0 Å². The molecular formula is C13H24N2O3. The van der Waals surface area contributed by atoms with Crippen molar-refractivity contribution in [1.29, 1.82) is 0 Å². The Balaban J connectivity index is 2.14. The van der Waals surface area contributed by atoms with Crippen LogP contribution in [-0.2, 0) is 9.59 Å². The fourth-order valence-electron chi connectivity index (χ4n) is 2.29. The third-order valence-electron chi connectivity index (χ3n) is 3.57. The van der Waals surface area contributed by atoms with Gasteiger partial charge in [-0.25, -0.2) is 0 Å². The van der Waals surface area contributed by atoms with Gasteiger partial charge in [-0.15, -0.1) is 0 Å². The molecule has 0 bridgehead atoms. The van der Waals surface area contributed by atoms with Crippen LogP contribution < -0.4 is 5.32 Å². The summed E-state index contributed by atoms with van der Waals surface area (Å²) < 4.78 is 0. The van der Waals surface area contributed by atoms with E-state index in [2.05, 4.69) is 5.32 Å². The quantitative estimate of drug-likeness (QED) is 0.742. The Bertz CT molecular complexity index is 284. The van der Waals surface area contributed by atoms with Crippen LogP contribution in [0.5, 0.6) is 0 Å². The first kappa shape index (κ1) is 15.0. The molecular weight excluding hydrogens is 232 g/mol. The Morgan fingerprint density at radius 2 is 1.83 bits per heavy atom. The summed E-state index contributed by atoms with van der Waals surface area (Å²) in [6, 6.07) is 0. The van der Waals surface area contributed by atoms with Gasteiger partial charge in [0.25, 0.3) is 0 Å². The molecule has 1 rings (SSSR count). The van der Waals surface area contributed by atoms with Crippen molar-refractivity contribution < 1.29 is 14.7 Å². The Hall–Kier alpha value is -1.10. The first-order chi connectivity index (χ1) is 8.49. The Morgan fingerprint density at radius 1 is 1.22 bits per heavy atom. The predicted molar refractivity (Wildman–Crippen MR) is 69.3 cm³/mol. The van der Waals surface area contributed by atoms with Gasteiger partial charge in [0, 0.05) is 19.5 Å². The third kappa shape index (κ3) is 5.49. The first-order valence-electron chi connectivity index (χ1n) is 6.63. The molecule has 0 unspecified atom stereocenters. The molecule has 18 heavy (non-hydrogen) atoms. The second-order valence-electron chi connectivity index (χ2n) is 5.41. The molecule has 0 aromatic rings. The molecule has 5 nitrogen and oxygen atoms in total. The molecule has 104 valence electrons.